The normalized spacial score (nSPS) is 10.4. The molecule has 3 rings (SSSR count). The molecular formula is C24H27N3O7S. The Kier molecular flexibility index (Phi) is 8.87. The van der Waals surface area contributed by atoms with Crippen LogP contribution in [0.3, 0.4) is 0 Å². The molecule has 0 radical (unpaired) electrons. The zero-order valence-corrected chi connectivity index (χ0v) is 20.9. The summed E-state index contributed by atoms with van der Waals surface area (Å²) in [7, 11) is 7.47. The van der Waals surface area contributed by atoms with Crippen molar-refractivity contribution in [3.8, 4) is 45.4 Å². The highest BCUT2D eigenvalue weighted by Gasteiger charge is 2.19. The van der Waals surface area contributed by atoms with E-state index in [0.717, 1.165) is 22.4 Å². The first-order valence-corrected chi connectivity index (χ1v) is 11.3. The van der Waals surface area contributed by atoms with Crippen molar-refractivity contribution in [3.63, 3.8) is 0 Å². The van der Waals surface area contributed by atoms with Crippen LogP contribution in [0.1, 0.15) is 0 Å². The van der Waals surface area contributed by atoms with Crippen LogP contribution in [0.15, 0.2) is 35.7 Å². The first kappa shape index (κ1) is 25.8. The van der Waals surface area contributed by atoms with Gasteiger partial charge in [-0.2, -0.15) is 4.37 Å². The van der Waals surface area contributed by atoms with Gasteiger partial charge in [-0.05, 0) is 41.4 Å². The number of aromatic nitrogens is 1. The number of carbonyl (C=O) groups is 2. The van der Waals surface area contributed by atoms with Crippen molar-refractivity contribution in [1.29, 1.82) is 0 Å². The Bertz CT molecular complexity index is 1170. The van der Waals surface area contributed by atoms with Gasteiger partial charge in [0.2, 0.25) is 11.7 Å². The quantitative estimate of drug-likeness (QED) is 0.382. The van der Waals surface area contributed by atoms with Crippen LogP contribution in [0.5, 0.6) is 23.0 Å². The minimum absolute atomic E-state index is 0.0696. The summed E-state index contributed by atoms with van der Waals surface area (Å²) in [4.78, 5) is 23.6. The molecule has 0 unspecified atom stereocenters. The van der Waals surface area contributed by atoms with Gasteiger partial charge in [0, 0.05) is 16.5 Å². The van der Waals surface area contributed by atoms with E-state index in [2.05, 4.69) is 19.7 Å². The molecule has 186 valence electrons. The number of carbonyl (C=O) groups excluding carboxylic acids is 2. The highest BCUT2D eigenvalue weighted by molar-refractivity contribution is 7.04. The minimum atomic E-state index is -0.457. The Hall–Kier alpha value is -3.83. The summed E-state index contributed by atoms with van der Waals surface area (Å²) in [6, 6.07) is 9.12. The van der Waals surface area contributed by atoms with E-state index >= 15 is 0 Å². The summed E-state index contributed by atoms with van der Waals surface area (Å²) >= 11 is 1.30. The summed E-state index contributed by atoms with van der Waals surface area (Å²) in [5, 5.41) is 7.46. The molecule has 1 heterocycles. The Balaban J connectivity index is 1.92. The summed E-state index contributed by atoms with van der Waals surface area (Å²) in [5.41, 5.74) is 3.66. The number of nitrogens with one attached hydrogen (secondary N) is 2. The van der Waals surface area contributed by atoms with E-state index in [1.165, 1.54) is 25.8 Å². The monoisotopic (exact) mass is 501 g/mol. The third kappa shape index (κ3) is 6.00. The average molecular weight is 502 g/mol. The van der Waals surface area contributed by atoms with Crippen LogP contribution in [0.4, 0.5) is 5.69 Å². The minimum Gasteiger partial charge on any atom is -0.495 e. The largest absolute Gasteiger partial charge is 0.495 e. The Morgan fingerprint density at radius 3 is 2.14 bits per heavy atom. The molecule has 0 atom stereocenters. The van der Waals surface area contributed by atoms with E-state index in [1.54, 1.807) is 27.4 Å². The van der Waals surface area contributed by atoms with Crippen LogP contribution < -0.4 is 29.6 Å². The smallest absolute Gasteiger partial charge is 0.319 e. The molecule has 2 aromatic carbocycles. The van der Waals surface area contributed by atoms with Gasteiger partial charge in [0.25, 0.3) is 0 Å². The Labute approximate surface area is 207 Å². The lowest BCUT2D eigenvalue weighted by Crippen LogP contribution is -2.32. The lowest BCUT2D eigenvalue weighted by Gasteiger charge is -2.15. The van der Waals surface area contributed by atoms with Gasteiger partial charge in [-0.15, -0.1) is 0 Å². The fraction of sp³-hybridized carbons (Fsp3) is 0.292. The van der Waals surface area contributed by atoms with Crippen molar-refractivity contribution >= 4 is 29.1 Å². The number of hydrogen-bond acceptors (Lipinski definition) is 10. The van der Waals surface area contributed by atoms with Crippen LogP contribution in [0.2, 0.25) is 0 Å². The topological polar surface area (TPSA) is 117 Å². The van der Waals surface area contributed by atoms with Crippen LogP contribution in [0.25, 0.3) is 22.4 Å². The molecule has 11 heteroatoms. The molecule has 0 saturated carbocycles. The zero-order chi connectivity index (χ0) is 25.4. The summed E-state index contributed by atoms with van der Waals surface area (Å²) < 4.78 is 30.9. The summed E-state index contributed by atoms with van der Waals surface area (Å²) in [6.45, 7) is -0.140. The molecule has 0 fully saturated rings. The first-order valence-electron chi connectivity index (χ1n) is 10.5. The first-order chi connectivity index (χ1) is 16.9. The number of amides is 1. The molecule has 1 amide bonds. The third-order valence-corrected chi connectivity index (χ3v) is 5.70. The Morgan fingerprint density at radius 2 is 1.54 bits per heavy atom. The highest BCUT2D eigenvalue weighted by Crippen LogP contribution is 2.44. The number of benzene rings is 2. The number of hydrogen-bond donors (Lipinski definition) is 2. The van der Waals surface area contributed by atoms with Crippen molar-refractivity contribution in [2.45, 2.75) is 0 Å². The number of anilines is 1. The van der Waals surface area contributed by atoms with Gasteiger partial charge in [0.15, 0.2) is 11.5 Å². The Morgan fingerprint density at radius 1 is 0.857 bits per heavy atom. The maximum Gasteiger partial charge on any atom is 0.319 e. The highest BCUT2D eigenvalue weighted by atomic mass is 32.1. The SMILES string of the molecule is COC(=O)CNCC(=O)Nc1cc(-c2csnc2-c2cc(OC)c(OC)c(OC)c2)ccc1OC. The van der Waals surface area contributed by atoms with Crippen molar-refractivity contribution in [3.05, 3.63) is 35.7 Å². The standard InChI is InChI=1S/C24H27N3O7S/c1-30-18-7-6-14(8-17(18)26-21(28)11-25-12-22(29)33-4)16-13-35-27-23(16)15-9-19(31-2)24(34-5)20(10-15)32-3/h6-10,13,25H,11-12H2,1-5H3,(H,26,28). The van der Waals surface area contributed by atoms with Crippen LogP contribution in [-0.4, -0.2) is 64.9 Å². The molecule has 0 aliphatic rings. The van der Waals surface area contributed by atoms with Gasteiger partial charge in [-0.25, -0.2) is 0 Å². The third-order valence-electron chi connectivity index (χ3n) is 5.07. The number of methoxy groups -OCH3 is 5. The van der Waals surface area contributed by atoms with Crippen LogP contribution >= 0.6 is 11.5 Å². The number of esters is 1. The summed E-state index contributed by atoms with van der Waals surface area (Å²) in [5.74, 6) is 1.23. The molecule has 0 aliphatic carbocycles. The molecule has 3 aromatic rings. The second-order valence-corrected chi connectivity index (χ2v) is 7.76. The van der Waals surface area contributed by atoms with Gasteiger partial charge in [-0.1, -0.05) is 6.07 Å². The molecule has 1 aromatic heterocycles. The zero-order valence-electron chi connectivity index (χ0n) is 20.1. The fourth-order valence-corrected chi connectivity index (χ4v) is 4.10. The van der Waals surface area contributed by atoms with Gasteiger partial charge in [0.1, 0.15) is 5.75 Å². The number of rotatable bonds is 11. The van der Waals surface area contributed by atoms with E-state index in [9.17, 15) is 9.59 Å². The molecule has 0 aliphatic heterocycles. The molecule has 0 bridgehead atoms. The van der Waals surface area contributed by atoms with E-state index in [4.69, 9.17) is 18.9 Å². The molecular weight excluding hydrogens is 474 g/mol. The maximum atomic E-state index is 12.4. The number of ether oxygens (including phenoxy) is 5. The fourth-order valence-electron chi connectivity index (χ4n) is 3.39. The molecule has 10 nitrogen and oxygen atoms in total. The lowest BCUT2D eigenvalue weighted by molar-refractivity contribution is -0.139. The second kappa shape index (κ2) is 12.0. The second-order valence-electron chi connectivity index (χ2n) is 7.13. The molecule has 35 heavy (non-hydrogen) atoms. The van der Waals surface area contributed by atoms with Crippen molar-refractivity contribution in [2.24, 2.45) is 0 Å². The predicted molar refractivity (Wildman–Crippen MR) is 133 cm³/mol. The van der Waals surface area contributed by atoms with Gasteiger partial charge in [-0.3, -0.25) is 14.9 Å². The van der Waals surface area contributed by atoms with Gasteiger partial charge >= 0.3 is 5.97 Å². The predicted octanol–water partition coefficient (Wildman–Crippen LogP) is 3.21. The van der Waals surface area contributed by atoms with Crippen LogP contribution in [-0.2, 0) is 14.3 Å². The van der Waals surface area contributed by atoms with Crippen LogP contribution in [0, 0.1) is 0 Å². The van der Waals surface area contributed by atoms with E-state index in [0.29, 0.717) is 28.7 Å². The van der Waals surface area contributed by atoms with Gasteiger partial charge < -0.3 is 29.0 Å². The average Bonchev–Trinajstić information content (AvgIpc) is 3.37. The molecule has 2 N–H and O–H groups in total. The van der Waals surface area contributed by atoms with Gasteiger partial charge in [0.05, 0.1) is 60.0 Å². The maximum absolute atomic E-state index is 12.4. The summed E-state index contributed by atoms with van der Waals surface area (Å²) in [6.07, 6.45) is 0. The van der Waals surface area contributed by atoms with E-state index in [1.807, 2.05) is 29.6 Å². The molecule has 0 spiro atoms. The van der Waals surface area contributed by atoms with E-state index in [-0.39, 0.29) is 19.0 Å². The van der Waals surface area contributed by atoms with Crippen molar-refractivity contribution < 1.29 is 33.3 Å². The molecule has 0 saturated heterocycles. The van der Waals surface area contributed by atoms with Crippen molar-refractivity contribution in [2.75, 3.05) is 54.0 Å². The lowest BCUT2D eigenvalue weighted by atomic mass is 10.0. The van der Waals surface area contributed by atoms with Crippen molar-refractivity contribution in [1.82, 2.24) is 9.69 Å². The number of nitrogens with zero attached hydrogens (tertiary/aromatic N) is 1. The van der Waals surface area contributed by atoms with E-state index < -0.39 is 5.97 Å².